The second kappa shape index (κ2) is 4.17. The molecule has 0 fully saturated rings. The van der Waals surface area contributed by atoms with Crippen molar-refractivity contribution in [3.8, 4) is 5.75 Å². The highest BCUT2D eigenvalue weighted by Crippen LogP contribution is 2.36. The standard InChI is InChI=1S/C12H9ClINO2/c13-8-6-9(14)12-11-7(8)2-3-10(16)15(11)4-1-5-17-12/h2-3,6H,1,4-5H2. The topological polar surface area (TPSA) is 31.2 Å². The lowest BCUT2D eigenvalue weighted by Crippen LogP contribution is -2.18. The monoisotopic (exact) mass is 361 g/mol. The van der Waals surface area contributed by atoms with Crippen molar-refractivity contribution in [1.29, 1.82) is 0 Å². The Hall–Kier alpha value is -0.750. The van der Waals surface area contributed by atoms with E-state index < -0.39 is 0 Å². The van der Waals surface area contributed by atoms with Crippen LogP contribution in [-0.4, -0.2) is 11.2 Å². The van der Waals surface area contributed by atoms with Gasteiger partial charge in [0.15, 0.2) is 5.75 Å². The summed E-state index contributed by atoms with van der Waals surface area (Å²) in [7, 11) is 0. The molecule has 1 aromatic heterocycles. The van der Waals surface area contributed by atoms with E-state index in [0.717, 1.165) is 26.6 Å². The first-order valence-corrected chi connectivity index (χ1v) is 6.78. The Balaban J connectivity index is 2.55. The number of hydrogen-bond donors (Lipinski definition) is 0. The van der Waals surface area contributed by atoms with E-state index in [2.05, 4.69) is 22.6 Å². The van der Waals surface area contributed by atoms with Crippen LogP contribution >= 0.6 is 34.2 Å². The summed E-state index contributed by atoms with van der Waals surface area (Å²) in [4.78, 5) is 11.9. The third-order valence-electron chi connectivity index (χ3n) is 2.90. The van der Waals surface area contributed by atoms with Crippen LogP contribution in [0.4, 0.5) is 0 Å². The highest BCUT2D eigenvalue weighted by molar-refractivity contribution is 14.1. The van der Waals surface area contributed by atoms with Gasteiger partial charge in [-0.2, -0.15) is 0 Å². The second-order valence-electron chi connectivity index (χ2n) is 3.96. The van der Waals surface area contributed by atoms with Crippen LogP contribution in [0.5, 0.6) is 5.75 Å². The molecule has 2 heterocycles. The maximum Gasteiger partial charge on any atom is 0.251 e. The zero-order valence-corrected chi connectivity index (χ0v) is 11.8. The summed E-state index contributed by atoms with van der Waals surface area (Å²) in [5, 5.41) is 1.54. The van der Waals surface area contributed by atoms with Crippen LogP contribution in [0.25, 0.3) is 10.9 Å². The lowest BCUT2D eigenvalue weighted by molar-refractivity contribution is 0.314. The van der Waals surface area contributed by atoms with Crippen molar-refractivity contribution in [3.05, 3.63) is 37.1 Å². The molecular formula is C12H9ClINO2. The Morgan fingerprint density at radius 2 is 2.24 bits per heavy atom. The average molecular weight is 362 g/mol. The van der Waals surface area contributed by atoms with Crippen LogP contribution in [0, 0.1) is 3.57 Å². The van der Waals surface area contributed by atoms with Crippen molar-refractivity contribution in [1.82, 2.24) is 4.57 Å². The van der Waals surface area contributed by atoms with Crippen LogP contribution in [0.3, 0.4) is 0 Å². The van der Waals surface area contributed by atoms with Crippen molar-refractivity contribution in [2.45, 2.75) is 13.0 Å². The van der Waals surface area contributed by atoms with Gasteiger partial charge < -0.3 is 9.30 Å². The molecule has 0 amide bonds. The van der Waals surface area contributed by atoms with Gasteiger partial charge in [0.1, 0.15) is 0 Å². The van der Waals surface area contributed by atoms with Crippen molar-refractivity contribution in [2.24, 2.45) is 0 Å². The summed E-state index contributed by atoms with van der Waals surface area (Å²) in [6.45, 7) is 1.31. The van der Waals surface area contributed by atoms with E-state index in [1.807, 2.05) is 6.07 Å². The Kier molecular flexibility index (Phi) is 2.78. The van der Waals surface area contributed by atoms with E-state index in [1.165, 1.54) is 0 Å². The molecule has 0 saturated carbocycles. The van der Waals surface area contributed by atoms with E-state index in [0.29, 0.717) is 18.2 Å². The molecule has 0 bridgehead atoms. The fourth-order valence-corrected chi connectivity index (χ4v) is 3.31. The second-order valence-corrected chi connectivity index (χ2v) is 5.53. The first kappa shape index (κ1) is 11.3. The smallest absolute Gasteiger partial charge is 0.251 e. The van der Waals surface area contributed by atoms with Crippen LogP contribution in [0.15, 0.2) is 23.0 Å². The fraction of sp³-hybridized carbons (Fsp3) is 0.250. The van der Waals surface area contributed by atoms with Gasteiger partial charge in [0.25, 0.3) is 5.56 Å². The number of benzene rings is 1. The lowest BCUT2D eigenvalue weighted by atomic mass is 10.2. The van der Waals surface area contributed by atoms with Gasteiger partial charge >= 0.3 is 0 Å². The lowest BCUT2D eigenvalue weighted by Gasteiger charge is -2.12. The van der Waals surface area contributed by atoms with Gasteiger partial charge in [0.2, 0.25) is 0 Å². The third kappa shape index (κ3) is 1.74. The predicted octanol–water partition coefficient (Wildman–Crippen LogP) is 3.04. The Bertz CT molecular complexity index is 666. The van der Waals surface area contributed by atoms with Gasteiger partial charge in [-0.1, -0.05) is 11.6 Å². The minimum absolute atomic E-state index is 0.00215. The number of pyridine rings is 1. The minimum atomic E-state index is 0.00215. The maximum atomic E-state index is 11.9. The molecule has 3 nitrogen and oxygen atoms in total. The van der Waals surface area contributed by atoms with Crippen LogP contribution in [0.1, 0.15) is 6.42 Å². The van der Waals surface area contributed by atoms with Crippen LogP contribution < -0.4 is 10.3 Å². The molecule has 0 atom stereocenters. The molecule has 0 saturated heterocycles. The Morgan fingerprint density at radius 3 is 3.06 bits per heavy atom. The van der Waals surface area contributed by atoms with E-state index >= 15 is 0 Å². The van der Waals surface area contributed by atoms with Crippen molar-refractivity contribution < 1.29 is 4.74 Å². The first-order chi connectivity index (χ1) is 8.18. The molecular weight excluding hydrogens is 352 g/mol. The van der Waals surface area contributed by atoms with Gasteiger partial charge in [-0.3, -0.25) is 4.79 Å². The number of rotatable bonds is 0. The zero-order valence-electron chi connectivity index (χ0n) is 8.87. The van der Waals surface area contributed by atoms with Gasteiger partial charge in [-0.15, -0.1) is 0 Å². The molecule has 5 heteroatoms. The molecule has 0 unspecified atom stereocenters. The molecule has 2 aromatic rings. The minimum Gasteiger partial charge on any atom is -0.490 e. The predicted molar refractivity (Wildman–Crippen MR) is 76.0 cm³/mol. The largest absolute Gasteiger partial charge is 0.490 e. The van der Waals surface area contributed by atoms with Crippen molar-refractivity contribution >= 4 is 45.1 Å². The molecule has 0 spiro atoms. The maximum absolute atomic E-state index is 11.9. The number of aryl methyl sites for hydroxylation is 1. The third-order valence-corrected chi connectivity index (χ3v) is 4.01. The molecule has 3 rings (SSSR count). The van der Waals surface area contributed by atoms with Gasteiger partial charge in [-0.25, -0.2) is 0 Å². The molecule has 0 radical (unpaired) electrons. The Labute approximate surface area is 116 Å². The molecule has 0 aliphatic carbocycles. The van der Waals surface area contributed by atoms with Gasteiger partial charge in [0, 0.05) is 18.0 Å². The van der Waals surface area contributed by atoms with Crippen LogP contribution in [-0.2, 0) is 6.54 Å². The molecule has 1 aliphatic rings. The van der Waals surface area contributed by atoms with E-state index in [9.17, 15) is 4.79 Å². The van der Waals surface area contributed by atoms with Gasteiger partial charge in [0.05, 0.1) is 20.7 Å². The van der Waals surface area contributed by atoms with E-state index in [4.69, 9.17) is 16.3 Å². The number of nitrogens with zero attached hydrogens (tertiary/aromatic N) is 1. The SMILES string of the molecule is O=c1ccc2c(Cl)cc(I)c3c2n1CCCO3. The number of aromatic nitrogens is 1. The normalized spacial score (nSPS) is 14.5. The molecule has 88 valence electrons. The number of halogens is 2. The quantitative estimate of drug-likeness (QED) is 0.676. The zero-order chi connectivity index (χ0) is 12.0. The Morgan fingerprint density at radius 1 is 1.41 bits per heavy atom. The number of hydrogen-bond acceptors (Lipinski definition) is 2. The molecule has 1 aromatic carbocycles. The summed E-state index contributed by atoms with van der Waals surface area (Å²) in [5.41, 5.74) is 0.828. The fourth-order valence-electron chi connectivity index (χ4n) is 2.14. The summed E-state index contributed by atoms with van der Waals surface area (Å²) >= 11 is 8.41. The average Bonchev–Trinajstić information content (AvgIpc) is 2.51. The first-order valence-electron chi connectivity index (χ1n) is 5.33. The molecule has 0 N–H and O–H groups in total. The molecule has 17 heavy (non-hydrogen) atoms. The molecule has 1 aliphatic heterocycles. The summed E-state index contributed by atoms with van der Waals surface area (Å²) in [5.74, 6) is 0.778. The van der Waals surface area contributed by atoms with E-state index in [-0.39, 0.29) is 5.56 Å². The van der Waals surface area contributed by atoms with Crippen molar-refractivity contribution in [3.63, 3.8) is 0 Å². The van der Waals surface area contributed by atoms with Crippen LogP contribution in [0.2, 0.25) is 5.02 Å². The summed E-state index contributed by atoms with van der Waals surface area (Å²) < 4.78 is 8.44. The summed E-state index contributed by atoms with van der Waals surface area (Å²) in [6.07, 6.45) is 0.835. The van der Waals surface area contributed by atoms with Crippen molar-refractivity contribution in [2.75, 3.05) is 6.61 Å². The highest BCUT2D eigenvalue weighted by Gasteiger charge is 2.17. The summed E-state index contributed by atoms with van der Waals surface area (Å²) in [6, 6.07) is 5.21. The van der Waals surface area contributed by atoms with E-state index in [1.54, 1.807) is 16.7 Å². The highest BCUT2D eigenvalue weighted by atomic mass is 127. The number of ether oxygens (including phenoxy) is 1. The van der Waals surface area contributed by atoms with Gasteiger partial charge in [-0.05, 0) is 41.1 Å².